The van der Waals surface area contributed by atoms with Crippen LogP contribution in [0.5, 0.6) is 0 Å². The van der Waals surface area contributed by atoms with Gasteiger partial charge in [0.15, 0.2) is 5.76 Å². The predicted molar refractivity (Wildman–Crippen MR) is 100.0 cm³/mol. The van der Waals surface area contributed by atoms with E-state index >= 15 is 0 Å². The number of imide groups is 1. The molecule has 2 heterocycles. The molecule has 0 spiro atoms. The summed E-state index contributed by atoms with van der Waals surface area (Å²) in [5.41, 5.74) is 1.80. The number of nitrogens with one attached hydrogen (secondary N) is 1. The number of benzene rings is 2. The van der Waals surface area contributed by atoms with Crippen LogP contribution >= 0.6 is 11.6 Å². The summed E-state index contributed by atoms with van der Waals surface area (Å²) in [4.78, 5) is 30.1. The van der Waals surface area contributed by atoms with Crippen LogP contribution in [0.3, 0.4) is 0 Å². The molecule has 1 unspecified atom stereocenters. The van der Waals surface area contributed by atoms with Crippen molar-refractivity contribution in [2.24, 2.45) is 0 Å². The molecule has 0 bridgehead atoms. The molecule has 1 aromatic heterocycles. The normalized spacial score (nSPS) is 16.6. The highest BCUT2D eigenvalue weighted by molar-refractivity contribution is 6.30. The first kappa shape index (κ1) is 17.3. The lowest BCUT2D eigenvalue weighted by atomic mass is 10.1. The van der Waals surface area contributed by atoms with E-state index in [1.165, 1.54) is 0 Å². The lowest BCUT2D eigenvalue weighted by Crippen LogP contribution is -2.32. The average molecular weight is 382 g/mol. The summed E-state index contributed by atoms with van der Waals surface area (Å²) in [5.74, 6) is 0.563. The second-order valence-electron chi connectivity index (χ2n) is 6.24. The van der Waals surface area contributed by atoms with Crippen molar-refractivity contribution in [1.82, 2.24) is 15.2 Å². The second-order valence-corrected chi connectivity index (χ2v) is 6.68. The molecule has 1 aliphatic heterocycles. The van der Waals surface area contributed by atoms with E-state index in [1.807, 2.05) is 42.5 Å². The number of aromatic nitrogens is 1. The largest absolute Gasteiger partial charge is 0.439 e. The Labute approximate surface area is 160 Å². The van der Waals surface area contributed by atoms with Gasteiger partial charge in [0.1, 0.15) is 12.6 Å². The quantitative estimate of drug-likeness (QED) is 0.684. The number of hydrogen-bond acceptors (Lipinski definition) is 4. The van der Waals surface area contributed by atoms with E-state index < -0.39 is 12.1 Å². The van der Waals surface area contributed by atoms with Gasteiger partial charge >= 0.3 is 6.03 Å². The van der Waals surface area contributed by atoms with Gasteiger partial charge in [-0.1, -0.05) is 41.9 Å². The fourth-order valence-corrected chi connectivity index (χ4v) is 3.11. The van der Waals surface area contributed by atoms with E-state index in [9.17, 15) is 9.59 Å². The Morgan fingerprint density at radius 2 is 1.81 bits per heavy atom. The number of nitrogens with zero attached hydrogens (tertiary/aromatic N) is 2. The van der Waals surface area contributed by atoms with E-state index in [2.05, 4.69) is 10.3 Å². The lowest BCUT2D eigenvalue weighted by molar-refractivity contribution is -0.128. The highest BCUT2D eigenvalue weighted by atomic mass is 35.5. The summed E-state index contributed by atoms with van der Waals surface area (Å²) in [5, 5.41) is 3.35. The van der Waals surface area contributed by atoms with Crippen LogP contribution < -0.4 is 5.32 Å². The van der Waals surface area contributed by atoms with Gasteiger partial charge in [0.2, 0.25) is 5.89 Å². The van der Waals surface area contributed by atoms with Crippen LogP contribution in [0.15, 0.2) is 65.2 Å². The summed E-state index contributed by atoms with van der Waals surface area (Å²) < 4.78 is 5.69. The maximum Gasteiger partial charge on any atom is 0.325 e. The van der Waals surface area contributed by atoms with Crippen LogP contribution in [0.1, 0.15) is 11.5 Å². The van der Waals surface area contributed by atoms with E-state index in [1.54, 1.807) is 18.3 Å². The van der Waals surface area contributed by atoms with E-state index in [0.717, 1.165) is 16.0 Å². The zero-order valence-corrected chi connectivity index (χ0v) is 15.0. The van der Waals surface area contributed by atoms with Crippen LogP contribution in [-0.2, 0) is 17.8 Å². The lowest BCUT2D eigenvalue weighted by Gasteiger charge is -2.10. The van der Waals surface area contributed by atoms with Crippen molar-refractivity contribution in [3.05, 3.63) is 77.3 Å². The number of amides is 3. The standard InChI is InChI=1S/C20H16ClN3O3/c21-15-8-6-14(7-9-15)17-11-22-18(27-17)12-24-19(25)16(23-20(24)26)10-13-4-2-1-3-5-13/h1-9,11,16H,10,12H2,(H,23,26). The number of urea groups is 1. The van der Waals surface area contributed by atoms with Crippen LogP contribution in [0.4, 0.5) is 4.79 Å². The molecule has 2 aromatic carbocycles. The Kier molecular flexibility index (Phi) is 4.64. The summed E-state index contributed by atoms with van der Waals surface area (Å²) in [6.45, 7) is -0.0104. The highest BCUT2D eigenvalue weighted by Gasteiger charge is 2.38. The summed E-state index contributed by atoms with van der Waals surface area (Å²) in [7, 11) is 0. The minimum atomic E-state index is -0.578. The van der Waals surface area contributed by atoms with E-state index in [0.29, 0.717) is 23.1 Å². The van der Waals surface area contributed by atoms with Crippen LogP contribution in [0, 0.1) is 0 Å². The molecule has 0 aliphatic carbocycles. The number of hydrogen-bond donors (Lipinski definition) is 1. The van der Waals surface area contributed by atoms with Gasteiger partial charge in [-0.2, -0.15) is 0 Å². The van der Waals surface area contributed by atoms with Gasteiger partial charge in [0.25, 0.3) is 5.91 Å². The van der Waals surface area contributed by atoms with E-state index in [4.69, 9.17) is 16.0 Å². The molecule has 3 amide bonds. The van der Waals surface area contributed by atoms with Crippen molar-refractivity contribution in [3.63, 3.8) is 0 Å². The Morgan fingerprint density at radius 1 is 1.07 bits per heavy atom. The molecule has 1 saturated heterocycles. The second kappa shape index (κ2) is 7.25. The fourth-order valence-electron chi connectivity index (χ4n) is 2.98. The minimum Gasteiger partial charge on any atom is -0.439 e. The molecule has 3 aromatic rings. The summed E-state index contributed by atoms with van der Waals surface area (Å²) >= 11 is 5.89. The molecule has 27 heavy (non-hydrogen) atoms. The molecule has 1 fully saturated rings. The molecule has 4 rings (SSSR count). The minimum absolute atomic E-state index is 0.0104. The number of halogens is 1. The van der Waals surface area contributed by atoms with Crippen molar-refractivity contribution >= 4 is 23.5 Å². The molecule has 0 radical (unpaired) electrons. The average Bonchev–Trinajstić information content (AvgIpc) is 3.24. The number of carbonyl (C=O) groups excluding carboxylic acids is 2. The van der Waals surface area contributed by atoms with Crippen LogP contribution in [-0.4, -0.2) is 27.9 Å². The third kappa shape index (κ3) is 3.71. The van der Waals surface area contributed by atoms with Crippen LogP contribution in [0.2, 0.25) is 5.02 Å². The topological polar surface area (TPSA) is 75.4 Å². The third-order valence-electron chi connectivity index (χ3n) is 4.37. The molecule has 1 N–H and O–H groups in total. The fraction of sp³-hybridized carbons (Fsp3) is 0.150. The number of oxazole rings is 1. The maximum absolute atomic E-state index is 12.6. The molecular formula is C20H16ClN3O3. The van der Waals surface area contributed by atoms with Gasteiger partial charge in [-0.15, -0.1) is 0 Å². The first-order valence-corrected chi connectivity index (χ1v) is 8.84. The highest BCUT2D eigenvalue weighted by Crippen LogP contribution is 2.23. The Hall–Kier alpha value is -3.12. The van der Waals surface area contributed by atoms with Crippen molar-refractivity contribution in [2.75, 3.05) is 0 Å². The number of carbonyl (C=O) groups is 2. The van der Waals surface area contributed by atoms with Gasteiger partial charge in [-0.3, -0.25) is 9.69 Å². The molecule has 1 atom stereocenters. The van der Waals surface area contributed by atoms with Gasteiger partial charge in [-0.05, 0) is 29.8 Å². The van der Waals surface area contributed by atoms with Gasteiger partial charge < -0.3 is 9.73 Å². The van der Waals surface area contributed by atoms with Crippen molar-refractivity contribution < 1.29 is 14.0 Å². The van der Waals surface area contributed by atoms with E-state index in [-0.39, 0.29) is 12.5 Å². The first-order chi connectivity index (χ1) is 13.1. The zero-order valence-electron chi connectivity index (χ0n) is 14.3. The Morgan fingerprint density at radius 3 is 2.56 bits per heavy atom. The van der Waals surface area contributed by atoms with Crippen molar-refractivity contribution in [3.8, 4) is 11.3 Å². The molecule has 7 heteroatoms. The predicted octanol–water partition coefficient (Wildman–Crippen LogP) is 3.66. The molecule has 1 aliphatic rings. The zero-order chi connectivity index (χ0) is 18.8. The summed E-state index contributed by atoms with van der Waals surface area (Å²) in [6.07, 6.45) is 2.02. The third-order valence-corrected chi connectivity index (χ3v) is 4.62. The first-order valence-electron chi connectivity index (χ1n) is 8.46. The monoisotopic (exact) mass is 381 g/mol. The van der Waals surface area contributed by atoms with Crippen molar-refractivity contribution in [2.45, 2.75) is 19.0 Å². The van der Waals surface area contributed by atoms with Crippen molar-refractivity contribution in [1.29, 1.82) is 0 Å². The molecule has 6 nitrogen and oxygen atoms in total. The molecular weight excluding hydrogens is 366 g/mol. The Bertz CT molecular complexity index is 970. The van der Waals surface area contributed by atoms with Gasteiger partial charge in [0, 0.05) is 17.0 Å². The SMILES string of the molecule is O=C1NC(Cc2ccccc2)C(=O)N1Cc1ncc(-c2ccc(Cl)cc2)o1. The molecule has 136 valence electrons. The van der Waals surface area contributed by atoms with Gasteiger partial charge in [-0.25, -0.2) is 9.78 Å². The number of rotatable bonds is 5. The smallest absolute Gasteiger partial charge is 0.325 e. The van der Waals surface area contributed by atoms with Crippen LogP contribution in [0.25, 0.3) is 11.3 Å². The molecule has 0 saturated carbocycles. The summed E-state index contributed by atoms with van der Waals surface area (Å²) in [6, 6.07) is 15.7. The Balaban J connectivity index is 1.45. The maximum atomic E-state index is 12.6. The van der Waals surface area contributed by atoms with Gasteiger partial charge in [0.05, 0.1) is 6.20 Å².